The van der Waals surface area contributed by atoms with Crippen LogP contribution >= 0.6 is 0 Å². The number of rotatable bonds is 7. The summed E-state index contributed by atoms with van der Waals surface area (Å²) in [5, 5.41) is 14.0. The third-order valence-electron chi connectivity index (χ3n) is 4.46. The number of amides is 1. The molecule has 0 fully saturated rings. The first-order chi connectivity index (χ1) is 13.9. The molecular formula is C21H24N3O5+. The molecule has 3 rings (SSSR count). The number of quaternary nitrogens is 1. The molecule has 0 atom stereocenters. The zero-order valence-electron chi connectivity index (χ0n) is 16.4. The Morgan fingerprint density at radius 1 is 1.28 bits per heavy atom. The van der Waals surface area contributed by atoms with E-state index in [9.17, 15) is 14.9 Å². The second kappa shape index (κ2) is 9.31. The summed E-state index contributed by atoms with van der Waals surface area (Å²) in [5.74, 6) is 0.217. The minimum absolute atomic E-state index is 0.0713. The molecule has 0 bridgehead atoms. The van der Waals surface area contributed by atoms with Gasteiger partial charge in [0.2, 0.25) is 5.91 Å². The number of hydrogen-bond acceptors (Lipinski definition) is 5. The van der Waals surface area contributed by atoms with Crippen LogP contribution in [0.5, 0.6) is 5.75 Å². The molecule has 1 amide bonds. The van der Waals surface area contributed by atoms with E-state index in [4.69, 9.17) is 9.47 Å². The van der Waals surface area contributed by atoms with E-state index in [-0.39, 0.29) is 25.0 Å². The van der Waals surface area contributed by atoms with Crippen LogP contribution in [0, 0.1) is 10.1 Å². The van der Waals surface area contributed by atoms with Gasteiger partial charge < -0.3 is 19.7 Å². The lowest BCUT2D eigenvalue weighted by Crippen LogP contribution is -3.04. The number of fused-ring (bicyclic) bond motifs is 1. The van der Waals surface area contributed by atoms with Crippen molar-refractivity contribution in [1.29, 1.82) is 0 Å². The highest BCUT2D eigenvalue weighted by Crippen LogP contribution is 2.33. The summed E-state index contributed by atoms with van der Waals surface area (Å²) < 4.78 is 10.7. The van der Waals surface area contributed by atoms with Crippen molar-refractivity contribution in [3.05, 3.63) is 74.8 Å². The highest BCUT2D eigenvalue weighted by molar-refractivity contribution is 5.92. The minimum atomic E-state index is -0.476. The SMILES string of the molecule is C[NH+](C)Cc1ccccc1CNC(=O)/C=C/c1cc([N+](=O)[O-])cc2c1OCOC2. The molecule has 0 radical (unpaired) electrons. The lowest BCUT2D eigenvalue weighted by molar-refractivity contribution is -0.872. The van der Waals surface area contributed by atoms with Crippen LogP contribution in [0.4, 0.5) is 5.69 Å². The van der Waals surface area contributed by atoms with Crippen molar-refractivity contribution in [2.24, 2.45) is 0 Å². The normalized spacial score (nSPS) is 13.2. The maximum Gasteiger partial charge on any atom is 0.270 e. The number of ether oxygens (including phenoxy) is 2. The summed E-state index contributed by atoms with van der Waals surface area (Å²) in [5.41, 5.74) is 3.23. The zero-order valence-corrected chi connectivity index (χ0v) is 16.4. The van der Waals surface area contributed by atoms with Crippen LogP contribution in [0.2, 0.25) is 0 Å². The monoisotopic (exact) mass is 398 g/mol. The van der Waals surface area contributed by atoms with Crippen molar-refractivity contribution in [2.45, 2.75) is 19.7 Å². The summed E-state index contributed by atoms with van der Waals surface area (Å²) in [6.45, 7) is 1.57. The molecule has 2 N–H and O–H groups in total. The lowest BCUT2D eigenvalue weighted by atomic mass is 10.1. The Bertz CT molecular complexity index is 940. The molecule has 0 spiro atoms. The molecule has 0 unspecified atom stereocenters. The molecule has 8 heteroatoms. The van der Waals surface area contributed by atoms with Crippen molar-refractivity contribution < 1.29 is 24.1 Å². The quantitative estimate of drug-likeness (QED) is 0.418. The molecule has 1 aliphatic heterocycles. The number of nitro benzene ring substituents is 1. The van der Waals surface area contributed by atoms with Crippen LogP contribution in [0.3, 0.4) is 0 Å². The van der Waals surface area contributed by atoms with Gasteiger partial charge in [0.1, 0.15) is 12.3 Å². The van der Waals surface area contributed by atoms with E-state index in [0.29, 0.717) is 23.4 Å². The predicted molar refractivity (Wildman–Crippen MR) is 107 cm³/mol. The fourth-order valence-electron chi connectivity index (χ4n) is 3.15. The van der Waals surface area contributed by atoms with Crippen LogP contribution in [0.25, 0.3) is 6.08 Å². The summed E-state index contributed by atoms with van der Waals surface area (Å²) in [4.78, 5) is 24.3. The molecule has 1 heterocycles. The van der Waals surface area contributed by atoms with Crippen molar-refractivity contribution >= 4 is 17.7 Å². The van der Waals surface area contributed by atoms with Gasteiger partial charge in [0.25, 0.3) is 5.69 Å². The van der Waals surface area contributed by atoms with E-state index in [2.05, 4.69) is 25.5 Å². The number of hydrogen-bond donors (Lipinski definition) is 2. The Kier molecular flexibility index (Phi) is 6.58. The van der Waals surface area contributed by atoms with Gasteiger partial charge in [-0.2, -0.15) is 0 Å². The number of carbonyl (C=O) groups excluding carboxylic acids is 1. The van der Waals surface area contributed by atoms with Gasteiger partial charge in [0.05, 0.1) is 25.6 Å². The van der Waals surface area contributed by atoms with E-state index in [1.807, 2.05) is 18.2 Å². The number of non-ortho nitro benzene ring substituents is 1. The molecule has 0 saturated heterocycles. The Balaban J connectivity index is 1.72. The third-order valence-corrected chi connectivity index (χ3v) is 4.46. The topological polar surface area (TPSA) is 95.1 Å². The summed E-state index contributed by atoms with van der Waals surface area (Å²) >= 11 is 0. The van der Waals surface area contributed by atoms with Crippen LogP contribution in [0.15, 0.2) is 42.5 Å². The van der Waals surface area contributed by atoms with Gasteiger partial charge in [-0.3, -0.25) is 14.9 Å². The number of nitrogens with zero attached hydrogens (tertiary/aromatic N) is 1. The number of nitro groups is 1. The Morgan fingerprint density at radius 3 is 2.76 bits per heavy atom. The van der Waals surface area contributed by atoms with Gasteiger partial charge in [-0.25, -0.2) is 0 Å². The molecule has 0 aliphatic carbocycles. The Hall–Kier alpha value is -3.23. The maximum absolute atomic E-state index is 12.3. The molecule has 0 aromatic heterocycles. The van der Waals surface area contributed by atoms with Crippen LogP contribution in [-0.2, 0) is 29.2 Å². The molecule has 2 aromatic carbocycles. The Labute approximate surface area is 168 Å². The first-order valence-electron chi connectivity index (χ1n) is 9.27. The van der Waals surface area contributed by atoms with Crippen molar-refractivity contribution in [2.75, 3.05) is 20.9 Å². The van der Waals surface area contributed by atoms with E-state index >= 15 is 0 Å². The molecular weight excluding hydrogens is 374 g/mol. The summed E-state index contributed by atoms with van der Waals surface area (Å²) in [6.07, 6.45) is 2.89. The molecule has 1 aliphatic rings. The predicted octanol–water partition coefficient (Wildman–Crippen LogP) is 1.44. The molecule has 8 nitrogen and oxygen atoms in total. The second-order valence-corrected chi connectivity index (χ2v) is 7.09. The van der Waals surface area contributed by atoms with Crippen LogP contribution < -0.4 is 15.0 Å². The highest BCUT2D eigenvalue weighted by atomic mass is 16.7. The van der Waals surface area contributed by atoms with Crippen molar-refractivity contribution in [3.8, 4) is 5.75 Å². The maximum atomic E-state index is 12.3. The van der Waals surface area contributed by atoms with E-state index in [1.165, 1.54) is 34.7 Å². The molecule has 0 saturated carbocycles. The molecule has 29 heavy (non-hydrogen) atoms. The van der Waals surface area contributed by atoms with Crippen molar-refractivity contribution in [3.63, 3.8) is 0 Å². The average Bonchev–Trinajstić information content (AvgIpc) is 2.70. The molecule has 152 valence electrons. The van der Waals surface area contributed by atoms with Gasteiger partial charge in [0.15, 0.2) is 6.79 Å². The molecule has 2 aromatic rings. The van der Waals surface area contributed by atoms with E-state index in [0.717, 1.165) is 12.1 Å². The first kappa shape index (κ1) is 20.5. The highest BCUT2D eigenvalue weighted by Gasteiger charge is 2.19. The fourth-order valence-corrected chi connectivity index (χ4v) is 3.15. The Morgan fingerprint density at radius 2 is 2.03 bits per heavy atom. The number of nitrogens with one attached hydrogen (secondary N) is 2. The van der Waals surface area contributed by atoms with E-state index < -0.39 is 4.92 Å². The zero-order chi connectivity index (χ0) is 20.8. The first-order valence-corrected chi connectivity index (χ1v) is 9.27. The second-order valence-electron chi connectivity index (χ2n) is 7.09. The summed E-state index contributed by atoms with van der Waals surface area (Å²) in [6, 6.07) is 10.8. The third kappa shape index (κ3) is 5.40. The average molecular weight is 398 g/mol. The van der Waals surface area contributed by atoms with Gasteiger partial charge in [-0.15, -0.1) is 0 Å². The van der Waals surface area contributed by atoms with Crippen LogP contribution in [0.1, 0.15) is 22.3 Å². The van der Waals surface area contributed by atoms with Gasteiger partial charge in [-0.1, -0.05) is 24.3 Å². The number of benzene rings is 2. The largest absolute Gasteiger partial charge is 0.467 e. The minimum Gasteiger partial charge on any atom is -0.467 e. The van der Waals surface area contributed by atoms with Gasteiger partial charge in [-0.05, 0) is 11.6 Å². The van der Waals surface area contributed by atoms with Crippen molar-refractivity contribution in [1.82, 2.24) is 5.32 Å². The smallest absolute Gasteiger partial charge is 0.270 e. The van der Waals surface area contributed by atoms with E-state index in [1.54, 1.807) is 0 Å². The van der Waals surface area contributed by atoms with Crippen LogP contribution in [-0.4, -0.2) is 31.7 Å². The lowest BCUT2D eigenvalue weighted by Gasteiger charge is -2.19. The number of carbonyl (C=O) groups is 1. The van der Waals surface area contributed by atoms with Gasteiger partial charge >= 0.3 is 0 Å². The van der Waals surface area contributed by atoms with Gasteiger partial charge in [0, 0.05) is 41.4 Å². The standard InChI is InChI=1S/C21H23N3O5/c1-23(2)12-17-6-4-3-5-16(17)11-22-20(25)8-7-15-9-19(24(26)27)10-18-13-28-14-29-21(15)18/h3-10H,11-14H2,1-2H3,(H,22,25)/p+1/b8-7+. The fraction of sp³-hybridized carbons (Fsp3) is 0.286. The summed E-state index contributed by atoms with van der Waals surface area (Å²) in [7, 11) is 4.15.